The minimum absolute atomic E-state index is 0.180. The number of nitrogens with one attached hydrogen (secondary N) is 1. The fraction of sp³-hybridized carbons (Fsp3) is 0.625. The minimum atomic E-state index is -0.774. The summed E-state index contributed by atoms with van der Waals surface area (Å²) < 4.78 is 27.3. The second kappa shape index (κ2) is 6.64. The van der Waals surface area contributed by atoms with Gasteiger partial charge in [0, 0.05) is 30.2 Å². The molecule has 2 nitrogen and oxygen atoms in total. The second-order valence-corrected chi connectivity index (χ2v) is 5.67. The Morgan fingerprint density at radius 3 is 2.75 bits per heavy atom. The van der Waals surface area contributed by atoms with Crippen LogP contribution in [-0.4, -0.2) is 30.6 Å². The number of likely N-dealkylation sites (N-methyl/N-ethyl adjacent to an activating group) is 1. The highest BCUT2D eigenvalue weighted by Gasteiger charge is 2.31. The van der Waals surface area contributed by atoms with Crippen LogP contribution in [-0.2, 0) is 0 Å². The highest BCUT2D eigenvalue weighted by atomic mass is 19.2. The van der Waals surface area contributed by atoms with Crippen LogP contribution in [0, 0.1) is 11.6 Å². The predicted molar refractivity (Wildman–Crippen MR) is 77.6 cm³/mol. The first-order valence-electron chi connectivity index (χ1n) is 7.45. The van der Waals surface area contributed by atoms with Gasteiger partial charge in [0.1, 0.15) is 0 Å². The lowest BCUT2D eigenvalue weighted by atomic mass is 10.0. The average Bonchev–Trinajstić information content (AvgIpc) is 2.80. The molecule has 3 atom stereocenters. The van der Waals surface area contributed by atoms with Gasteiger partial charge in [-0.15, -0.1) is 0 Å². The monoisotopic (exact) mass is 282 g/mol. The zero-order chi connectivity index (χ0) is 14.7. The Labute approximate surface area is 120 Å². The van der Waals surface area contributed by atoms with Crippen LogP contribution in [0.15, 0.2) is 18.2 Å². The van der Waals surface area contributed by atoms with Gasteiger partial charge in [-0.2, -0.15) is 0 Å². The van der Waals surface area contributed by atoms with Crippen molar-refractivity contribution in [2.75, 3.05) is 13.6 Å². The summed E-state index contributed by atoms with van der Waals surface area (Å²) in [7, 11) is 1.80. The van der Waals surface area contributed by atoms with E-state index in [0.717, 1.165) is 13.0 Å². The number of likely N-dealkylation sites (tertiary alicyclic amines) is 1. The lowest BCUT2D eigenvalue weighted by Crippen LogP contribution is -2.40. The Hall–Kier alpha value is -1.00. The summed E-state index contributed by atoms with van der Waals surface area (Å²) in [6.07, 6.45) is 3.48. The molecule has 1 heterocycles. The summed E-state index contributed by atoms with van der Waals surface area (Å²) in [4.78, 5) is 2.42. The van der Waals surface area contributed by atoms with Crippen LogP contribution in [0.2, 0.25) is 0 Å². The molecule has 1 aromatic carbocycles. The zero-order valence-corrected chi connectivity index (χ0v) is 12.5. The first-order valence-corrected chi connectivity index (χ1v) is 7.45. The van der Waals surface area contributed by atoms with Crippen molar-refractivity contribution in [3.8, 4) is 0 Å². The Morgan fingerprint density at radius 1 is 1.35 bits per heavy atom. The number of benzene rings is 1. The molecular formula is C16H24F2N2. The molecule has 1 aliphatic heterocycles. The number of rotatable bonds is 5. The molecule has 1 fully saturated rings. The van der Waals surface area contributed by atoms with E-state index >= 15 is 0 Å². The Balaban J connectivity index is 2.18. The van der Waals surface area contributed by atoms with Gasteiger partial charge in [0.2, 0.25) is 0 Å². The SMILES string of the molecule is CCC1CCC(C)N1CC(NC)c1cccc(F)c1F. The van der Waals surface area contributed by atoms with Crippen molar-refractivity contribution in [3.05, 3.63) is 35.4 Å². The van der Waals surface area contributed by atoms with E-state index in [1.807, 2.05) is 0 Å². The summed E-state index contributed by atoms with van der Waals surface area (Å²) in [5.41, 5.74) is 0.418. The lowest BCUT2D eigenvalue weighted by Gasteiger charge is -2.32. The molecule has 1 aromatic rings. The fourth-order valence-electron chi connectivity index (χ4n) is 3.24. The molecule has 1 N–H and O–H groups in total. The van der Waals surface area contributed by atoms with E-state index in [1.54, 1.807) is 19.2 Å². The first kappa shape index (κ1) is 15.4. The van der Waals surface area contributed by atoms with Crippen LogP contribution in [0.25, 0.3) is 0 Å². The number of hydrogen-bond donors (Lipinski definition) is 1. The maximum absolute atomic E-state index is 14.0. The van der Waals surface area contributed by atoms with E-state index in [1.165, 1.54) is 18.9 Å². The van der Waals surface area contributed by atoms with E-state index in [4.69, 9.17) is 0 Å². The molecule has 1 aliphatic rings. The normalized spacial score (nSPS) is 25.1. The summed E-state index contributed by atoms with van der Waals surface area (Å²) in [5.74, 6) is -1.50. The van der Waals surface area contributed by atoms with Gasteiger partial charge < -0.3 is 5.32 Å². The molecule has 0 radical (unpaired) electrons. The highest BCUT2D eigenvalue weighted by Crippen LogP contribution is 2.29. The third-order valence-corrected chi connectivity index (χ3v) is 4.52. The van der Waals surface area contributed by atoms with Crippen LogP contribution < -0.4 is 5.32 Å². The summed E-state index contributed by atoms with van der Waals surface area (Å²) in [6.45, 7) is 5.12. The van der Waals surface area contributed by atoms with Crippen LogP contribution >= 0.6 is 0 Å². The molecule has 0 amide bonds. The van der Waals surface area contributed by atoms with Gasteiger partial charge >= 0.3 is 0 Å². The van der Waals surface area contributed by atoms with Crippen molar-refractivity contribution in [2.24, 2.45) is 0 Å². The predicted octanol–water partition coefficient (Wildman–Crippen LogP) is 3.49. The average molecular weight is 282 g/mol. The van der Waals surface area contributed by atoms with Crippen molar-refractivity contribution in [2.45, 2.75) is 51.2 Å². The van der Waals surface area contributed by atoms with E-state index in [-0.39, 0.29) is 6.04 Å². The highest BCUT2D eigenvalue weighted by molar-refractivity contribution is 5.23. The quantitative estimate of drug-likeness (QED) is 0.889. The van der Waals surface area contributed by atoms with Crippen molar-refractivity contribution >= 4 is 0 Å². The van der Waals surface area contributed by atoms with Gasteiger partial charge in [-0.3, -0.25) is 4.90 Å². The van der Waals surface area contributed by atoms with Crippen LogP contribution in [0.5, 0.6) is 0 Å². The van der Waals surface area contributed by atoms with Crippen molar-refractivity contribution in [3.63, 3.8) is 0 Å². The number of hydrogen-bond acceptors (Lipinski definition) is 2. The number of halogens is 2. The largest absolute Gasteiger partial charge is 0.312 e. The first-order chi connectivity index (χ1) is 9.58. The fourth-order valence-corrected chi connectivity index (χ4v) is 3.24. The summed E-state index contributed by atoms with van der Waals surface area (Å²) in [6, 6.07) is 5.29. The van der Waals surface area contributed by atoms with Crippen LogP contribution in [0.3, 0.4) is 0 Å². The zero-order valence-electron chi connectivity index (χ0n) is 12.5. The molecule has 1 saturated heterocycles. The van der Waals surface area contributed by atoms with Gasteiger partial charge in [0.05, 0.1) is 0 Å². The molecule has 4 heteroatoms. The Morgan fingerprint density at radius 2 is 2.10 bits per heavy atom. The molecule has 0 aromatic heterocycles. The van der Waals surface area contributed by atoms with Crippen LogP contribution in [0.1, 0.15) is 44.7 Å². The molecule has 0 bridgehead atoms. The maximum atomic E-state index is 14.0. The third-order valence-electron chi connectivity index (χ3n) is 4.52. The van der Waals surface area contributed by atoms with Crippen LogP contribution in [0.4, 0.5) is 8.78 Å². The Bertz CT molecular complexity index is 450. The van der Waals surface area contributed by atoms with Gasteiger partial charge in [0.15, 0.2) is 11.6 Å². The van der Waals surface area contributed by atoms with Crippen molar-refractivity contribution in [1.82, 2.24) is 10.2 Å². The summed E-state index contributed by atoms with van der Waals surface area (Å²) >= 11 is 0. The topological polar surface area (TPSA) is 15.3 Å². The molecule has 20 heavy (non-hydrogen) atoms. The smallest absolute Gasteiger partial charge is 0.163 e. The molecule has 2 rings (SSSR count). The van der Waals surface area contributed by atoms with E-state index in [0.29, 0.717) is 17.6 Å². The van der Waals surface area contributed by atoms with E-state index in [9.17, 15) is 8.78 Å². The Kier molecular flexibility index (Phi) is 5.11. The molecule has 0 saturated carbocycles. The van der Waals surface area contributed by atoms with Gasteiger partial charge in [-0.1, -0.05) is 19.1 Å². The molecule has 0 aliphatic carbocycles. The standard InChI is InChI=1S/C16H24F2N2/c1-4-12-9-8-11(2)20(12)10-15(19-3)13-6-5-7-14(17)16(13)18/h5-7,11-12,15,19H,4,8-10H2,1-3H3. The minimum Gasteiger partial charge on any atom is -0.312 e. The molecular weight excluding hydrogens is 258 g/mol. The molecule has 0 spiro atoms. The van der Waals surface area contributed by atoms with Crippen molar-refractivity contribution < 1.29 is 8.78 Å². The summed E-state index contributed by atoms with van der Waals surface area (Å²) in [5, 5.41) is 3.13. The van der Waals surface area contributed by atoms with Gasteiger partial charge in [0.25, 0.3) is 0 Å². The van der Waals surface area contributed by atoms with E-state index in [2.05, 4.69) is 24.1 Å². The third kappa shape index (κ3) is 3.01. The van der Waals surface area contributed by atoms with Crippen molar-refractivity contribution in [1.29, 1.82) is 0 Å². The van der Waals surface area contributed by atoms with Gasteiger partial charge in [-0.05, 0) is 39.3 Å². The number of nitrogens with zero attached hydrogens (tertiary/aromatic N) is 1. The maximum Gasteiger partial charge on any atom is 0.163 e. The lowest BCUT2D eigenvalue weighted by molar-refractivity contribution is 0.177. The van der Waals surface area contributed by atoms with E-state index < -0.39 is 11.6 Å². The molecule has 112 valence electrons. The van der Waals surface area contributed by atoms with Gasteiger partial charge in [-0.25, -0.2) is 8.78 Å². The second-order valence-electron chi connectivity index (χ2n) is 5.67. The molecule has 3 unspecified atom stereocenters.